The van der Waals surface area contributed by atoms with Gasteiger partial charge >= 0.3 is 6.08 Å². The molecule has 0 spiro atoms. The van der Waals surface area contributed by atoms with Crippen LogP contribution < -0.4 is 0 Å². The molecule has 2 nitrogen and oxygen atoms in total. The van der Waals surface area contributed by atoms with Crippen molar-refractivity contribution in [2.24, 2.45) is 0 Å². The highest BCUT2D eigenvalue weighted by Gasteiger charge is 2.07. The van der Waals surface area contributed by atoms with Crippen LogP contribution in [0.2, 0.25) is 15.3 Å². The topological polar surface area (TPSA) is 25.8 Å². The van der Waals surface area contributed by atoms with Crippen LogP contribution in [0.1, 0.15) is 0 Å². The Labute approximate surface area is 70.9 Å². The highest BCUT2D eigenvalue weighted by molar-refractivity contribution is 6.46. The SMILES string of the molecule is Fc1nc(Cl)c(Cl)c(Cl)n1. The Hall–Kier alpha value is -0.120. The third kappa shape index (κ3) is 1.48. The number of aromatic nitrogens is 2. The molecular formula is C4Cl3FN2. The van der Waals surface area contributed by atoms with Gasteiger partial charge in [0, 0.05) is 0 Å². The summed E-state index contributed by atoms with van der Waals surface area (Å²) in [5.74, 6) is 0. The number of hydrogen-bond acceptors (Lipinski definition) is 2. The fraction of sp³-hybridized carbons (Fsp3) is 0. The van der Waals surface area contributed by atoms with Gasteiger partial charge in [-0.3, -0.25) is 0 Å². The smallest absolute Gasteiger partial charge is 0.189 e. The van der Waals surface area contributed by atoms with Crippen molar-refractivity contribution in [3.63, 3.8) is 0 Å². The summed E-state index contributed by atoms with van der Waals surface area (Å²) in [6, 6.07) is 0. The molecule has 10 heavy (non-hydrogen) atoms. The standard InChI is InChI=1S/C4Cl3FN2/c5-1-2(6)9-4(8)10-3(1)7. The van der Waals surface area contributed by atoms with Crippen LogP contribution in [0.4, 0.5) is 4.39 Å². The lowest BCUT2D eigenvalue weighted by molar-refractivity contribution is 0.539. The van der Waals surface area contributed by atoms with E-state index in [1.807, 2.05) is 0 Å². The fourth-order valence-corrected chi connectivity index (χ4v) is 0.822. The lowest BCUT2D eigenvalue weighted by Crippen LogP contribution is -1.90. The van der Waals surface area contributed by atoms with Gasteiger partial charge in [0.1, 0.15) is 5.02 Å². The summed E-state index contributed by atoms with van der Waals surface area (Å²) in [5.41, 5.74) is 0. The fourth-order valence-electron chi connectivity index (χ4n) is 0.370. The number of rotatable bonds is 0. The molecule has 0 radical (unpaired) electrons. The van der Waals surface area contributed by atoms with E-state index in [9.17, 15) is 4.39 Å². The van der Waals surface area contributed by atoms with Gasteiger partial charge in [0.15, 0.2) is 10.3 Å². The predicted octanol–water partition coefficient (Wildman–Crippen LogP) is 2.58. The first-order chi connectivity index (χ1) is 4.61. The van der Waals surface area contributed by atoms with E-state index in [2.05, 4.69) is 9.97 Å². The van der Waals surface area contributed by atoms with Gasteiger partial charge in [-0.15, -0.1) is 0 Å². The summed E-state index contributed by atoms with van der Waals surface area (Å²) >= 11 is 16.0. The zero-order chi connectivity index (χ0) is 7.72. The van der Waals surface area contributed by atoms with Crippen LogP contribution in [0.25, 0.3) is 0 Å². The minimum absolute atomic E-state index is 0.0373. The van der Waals surface area contributed by atoms with Gasteiger partial charge in [0.2, 0.25) is 0 Å². The molecule has 1 aromatic heterocycles. The van der Waals surface area contributed by atoms with Gasteiger partial charge in [-0.2, -0.15) is 14.4 Å². The molecular weight excluding hydrogens is 201 g/mol. The van der Waals surface area contributed by atoms with Crippen molar-refractivity contribution >= 4 is 34.8 Å². The highest BCUT2D eigenvalue weighted by atomic mass is 35.5. The van der Waals surface area contributed by atoms with Crippen molar-refractivity contribution in [3.8, 4) is 0 Å². The number of nitrogens with zero attached hydrogens (tertiary/aromatic N) is 2. The zero-order valence-corrected chi connectivity index (χ0v) is 6.67. The summed E-state index contributed by atoms with van der Waals surface area (Å²) in [7, 11) is 0. The molecule has 0 saturated carbocycles. The Morgan fingerprint density at radius 3 is 1.80 bits per heavy atom. The Morgan fingerprint density at radius 2 is 1.40 bits per heavy atom. The summed E-state index contributed by atoms with van der Waals surface area (Å²) in [6.45, 7) is 0. The molecule has 6 heteroatoms. The molecule has 0 N–H and O–H groups in total. The van der Waals surface area contributed by atoms with E-state index in [-0.39, 0.29) is 15.3 Å². The summed E-state index contributed by atoms with van der Waals surface area (Å²) < 4.78 is 12.2. The van der Waals surface area contributed by atoms with Crippen molar-refractivity contribution in [1.29, 1.82) is 0 Å². The van der Waals surface area contributed by atoms with Crippen LogP contribution in [0, 0.1) is 6.08 Å². The molecule has 0 fully saturated rings. The number of hydrogen-bond donors (Lipinski definition) is 0. The van der Waals surface area contributed by atoms with E-state index in [4.69, 9.17) is 34.8 Å². The minimum atomic E-state index is -0.987. The third-order valence-electron chi connectivity index (χ3n) is 0.743. The molecule has 0 aliphatic rings. The van der Waals surface area contributed by atoms with Crippen LogP contribution in [0.15, 0.2) is 0 Å². The van der Waals surface area contributed by atoms with E-state index in [0.29, 0.717) is 0 Å². The molecule has 1 rings (SSSR count). The van der Waals surface area contributed by atoms with Gasteiger partial charge in [-0.1, -0.05) is 34.8 Å². The van der Waals surface area contributed by atoms with E-state index < -0.39 is 6.08 Å². The molecule has 1 aromatic rings. The summed E-state index contributed by atoms with van der Waals surface area (Å²) in [4.78, 5) is 6.21. The zero-order valence-electron chi connectivity index (χ0n) is 4.41. The molecule has 54 valence electrons. The maximum atomic E-state index is 12.2. The van der Waals surface area contributed by atoms with E-state index >= 15 is 0 Å². The highest BCUT2D eigenvalue weighted by Crippen LogP contribution is 2.25. The monoisotopic (exact) mass is 200 g/mol. The summed E-state index contributed by atoms with van der Waals surface area (Å²) in [6.07, 6.45) is -0.987. The van der Waals surface area contributed by atoms with Crippen molar-refractivity contribution in [2.75, 3.05) is 0 Å². The van der Waals surface area contributed by atoms with Gasteiger partial charge in [-0.05, 0) is 0 Å². The van der Waals surface area contributed by atoms with Crippen LogP contribution >= 0.6 is 34.8 Å². The minimum Gasteiger partial charge on any atom is -0.189 e. The van der Waals surface area contributed by atoms with Gasteiger partial charge in [-0.25, -0.2) is 0 Å². The maximum Gasteiger partial charge on any atom is 0.311 e. The lowest BCUT2D eigenvalue weighted by atomic mass is 10.7. The second-order valence-electron chi connectivity index (χ2n) is 1.39. The van der Waals surface area contributed by atoms with Crippen LogP contribution in [0.5, 0.6) is 0 Å². The van der Waals surface area contributed by atoms with Crippen molar-refractivity contribution in [2.45, 2.75) is 0 Å². The molecule has 0 bridgehead atoms. The molecule has 0 amide bonds. The van der Waals surface area contributed by atoms with Gasteiger partial charge in [0.25, 0.3) is 0 Å². The molecule has 0 aliphatic carbocycles. The summed E-state index contributed by atoms with van der Waals surface area (Å²) in [5, 5.41) is -0.400. The molecule has 0 atom stereocenters. The Bertz CT molecular complexity index is 242. The van der Waals surface area contributed by atoms with Crippen LogP contribution in [0.3, 0.4) is 0 Å². The van der Waals surface area contributed by atoms with Gasteiger partial charge < -0.3 is 0 Å². The average Bonchev–Trinajstić information content (AvgIpc) is 1.82. The molecule has 0 unspecified atom stereocenters. The van der Waals surface area contributed by atoms with Gasteiger partial charge in [0.05, 0.1) is 0 Å². The van der Waals surface area contributed by atoms with E-state index in [1.165, 1.54) is 0 Å². The second-order valence-corrected chi connectivity index (χ2v) is 2.48. The third-order valence-corrected chi connectivity index (χ3v) is 1.84. The Balaban J connectivity index is 3.31. The average molecular weight is 201 g/mol. The molecule has 0 aromatic carbocycles. The van der Waals surface area contributed by atoms with Crippen LogP contribution in [-0.4, -0.2) is 9.97 Å². The van der Waals surface area contributed by atoms with Crippen molar-refractivity contribution < 1.29 is 4.39 Å². The normalized spacial score (nSPS) is 10.0. The van der Waals surface area contributed by atoms with E-state index in [1.54, 1.807) is 0 Å². The predicted molar refractivity (Wildman–Crippen MR) is 37.0 cm³/mol. The first-order valence-electron chi connectivity index (χ1n) is 2.15. The molecule has 1 heterocycles. The number of halogens is 4. The largest absolute Gasteiger partial charge is 0.311 e. The Kier molecular flexibility index (Phi) is 2.28. The van der Waals surface area contributed by atoms with Crippen LogP contribution in [-0.2, 0) is 0 Å². The molecule has 0 saturated heterocycles. The second kappa shape index (κ2) is 2.86. The van der Waals surface area contributed by atoms with Crippen molar-refractivity contribution in [3.05, 3.63) is 21.4 Å². The van der Waals surface area contributed by atoms with E-state index in [0.717, 1.165) is 0 Å². The quantitative estimate of drug-likeness (QED) is 0.476. The lowest BCUT2D eigenvalue weighted by Gasteiger charge is -1.94. The van der Waals surface area contributed by atoms with Crippen molar-refractivity contribution in [1.82, 2.24) is 9.97 Å². The Morgan fingerprint density at radius 1 is 1.00 bits per heavy atom. The maximum absolute atomic E-state index is 12.2. The first kappa shape index (κ1) is 7.98. The first-order valence-corrected chi connectivity index (χ1v) is 3.28. The molecule has 0 aliphatic heterocycles.